The first-order valence-electron chi connectivity index (χ1n) is 8.44. The van der Waals surface area contributed by atoms with Crippen molar-refractivity contribution in [1.29, 1.82) is 0 Å². The molecule has 134 valence electrons. The number of halogens is 4. The molecule has 1 aromatic heterocycles. The van der Waals surface area contributed by atoms with Crippen molar-refractivity contribution in [3.8, 4) is 0 Å². The molecule has 1 aromatic rings. The van der Waals surface area contributed by atoms with Gasteiger partial charge in [0.1, 0.15) is 6.04 Å². The second kappa shape index (κ2) is 6.69. The molecule has 2 aliphatic rings. The fraction of sp³-hybridized carbons (Fsp3) is 0.750. The van der Waals surface area contributed by atoms with E-state index in [4.69, 9.17) is 0 Å². The lowest BCUT2D eigenvalue weighted by Crippen LogP contribution is -2.40. The Balaban J connectivity index is 1.83. The summed E-state index contributed by atoms with van der Waals surface area (Å²) >= 11 is 3.06. The number of aromatic nitrogens is 2. The molecule has 0 aliphatic heterocycles. The predicted molar refractivity (Wildman–Crippen MR) is 86.6 cm³/mol. The van der Waals surface area contributed by atoms with Crippen LogP contribution in [0.5, 0.6) is 0 Å². The molecule has 0 radical (unpaired) electrons. The molecule has 1 heterocycles. The summed E-state index contributed by atoms with van der Waals surface area (Å²) in [6, 6.07) is -0.630. The summed E-state index contributed by atoms with van der Waals surface area (Å²) in [5, 5.41) is 6.72. The summed E-state index contributed by atoms with van der Waals surface area (Å²) in [7, 11) is 0. The number of carbonyl (C=O) groups excluding carboxylic acids is 1. The zero-order chi connectivity index (χ0) is 17.5. The van der Waals surface area contributed by atoms with Crippen LogP contribution in [-0.2, 0) is 11.0 Å². The van der Waals surface area contributed by atoms with Crippen LogP contribution in [-0.4, -0.2) is 21.7 Å². The predicted octanol–water partition coefficient (Wildman–Crippen LogP) is 4.55. The minimum absolute atomic E-state index is 0.0187. The van der Waals surface area contributed by atoms with Gasteiger partial charge in [0.05, 0.1) is 10.2 Å². The van der Waals surface area contributed by atoms with Gasteiger partial charge in [-0.2, -0.15) is 18.3 Å². The van der Waals surface area contributed by atoms with E-state index in [-0.39, 0.29) is 22.3 Å². The van der Waals surface area contributed by atoms with Gasteiger partial charge in [0.25, 0.3) is 0 Å². The van der Waals surface area contributed by atoms with Crippen molar-refractivity contribution in [1.82, 2.24) is 15.1 Å². The molecule has 3 rings (SSSR count). The van der Waals surface area contributed by atoms with Crippen molar-refractivity contribution < 1.29 is 18.0 Å². The van der Waals surface area contributed by atoms with Gasteiger partial charge in [0.15, 0.2) is 5.69 Å². The highest BCUT2D eigenvalue weighted by atomic mass is 79.9. The highest BCUT2D eigenvalue weighted by molar-refractivity contribution is 9.10. The first-order chi connectivity index (χ1) is 11.3. The highest BCUT2D eigenvalue weighted by Gasteiger charge is 2.43. The van der Waals surface area contributed by atoms with Gasteiger partial charge in [-0.1, -0.05) is 19.3 Å². The first-order valence-corrected chi connectivity index (χ1v) is 9.23. The Morgan fingerprint density at radius 3 is 2.42 bits per heavy atom. The molecule has 1 atom stereocenters. The van der Waals surface area contributed by atoms with Crippen molar-refractivity contribution in [3.05, 3.63) is 15.9 Å². The molecule has 4 nitrogen and oxygen atoms in total. The summed E-state index contributed by atoms with van der Waals surface area (Å²) in [6.07, 6.45) is 2.34. The van der Waals surface area contributed by atoms with Gasteiger partial charge in [-0.15, -0.1) is 0 Å². The highest BCUT2D eigenvalue weighted by Crippen LogP contribution is 2.47. The molecular formula is C16H21BrF3N3O. The topological polar surface area (TPSA) is 46.9 Å². The van der Waals surface area contributed by atoms with E-state index in [1.54, 1.807) is 6.92 Å². The Kier molecular flexibility index (Phi) is 4.95. The van der Waals surface area contributed by atoms with Crippen LogP contribution in [0.3, 0.4) is 0 Å². The van der Waals surface area contributed by atoms with Crippen LogP contribution in [0.4, 0.5) is 13.2 Å². The number of hydrogen-bond acceptors (Lipinski definition) is 2. The largest absolute Gasteiger partial charge is 0.436 e. The zero-order valence-corrected chi connectivity index (χ0v) is 15.1. The minimum Gasteiger partial charge on any atom is -0.352 e. The third-order valence-corrected chi connectivity index (χ3v) is 5.60. The number of rotatable bonds is 4. The second-order valence-corrected chi connectivity index (χ2v) is 7.58. The molecule has 8 heteroatoms. The number of nitrogens with zero attached hydrogens (tertiary/aromatic N) is 2. The van der Waals surface area contributed by atoms with Crippen LogP contribution in [0.25, 0.3) is 0 Å². The lowest BCUT2D eigenvalue weighted by molar-refractivity contribution is -0.142. The fourth-order valence-corrected chi connectivity index (χ4v) is 4.12. The molecule has 24 heavy (non-hydrogen) atoms. The lowest BCUT2D eigenvalue weighted by atomic mass is 9.95. The summed E-state index contributed by atoms with van der Waals surface area (Å²) in [5.74, 6) is -0.208. The molecule has 0 spiro atoms. The molecule has 1 amide bonds. The summed E-state index contributed by atoms with van der Waals surface area (Å²) < 4.78 is 40.7. The van der Waals surface area contributed by atoms with Crippen LogP contribution in [0.1, 0.15) is 75.2 Å². The number of amides is 1. The number of nitrogens with one attached hydrogen (secondary N) is 1. The van der Waals surface area contributed by atoms with Crippen molar-refractivity contribution in [2.24, 2.45) is 0 Å². The molecule has 0 aromatic carbocycles. The van der Waals surface area contributed by atoms with Gasteiger partial charge in [-0.25, -0.2) is 0 Å². The lowest BCUT2D eigenvalue weighted by Gasteiger charge is -2.25. The molecule has 0 bridgehead atoms. The Hall–Kier alpha value is -1.05. The maximum Gasteiger partial charge on any atom is 0.436 e. The maximum absolute atomic E-state index is 13.2. The number of carbonyl (C=O) groups is 1. The molecule has 2 aliphatic carbocycles. The zero-order valence-electron chi connectivity index (χ0n) is 13.5. The summed E-state index contributed by atoms with van der Waals surface area (Å²) in [6.45, 7) is 1.61. The van der Waals surface area contributed by atoms with E-state index in [2.05, 4.69) is 26.3 Å². The Morgan fingerprint density at radius 2 is 1.88 bits per heavy atom. The smallest absolute Gasteiger partial charge is 0.352 e. The van der Waals surface area contributed by atoms with Crippen LogP contribution >= 0.6 is 15.9 Å². The molecule has 2 fully saturated rings. The van der Waals surface area contributed by atoms with Crippen molar-refractivity contribution in [3.63, 3.8) is 0 Å². The van der Waals surface area contributed by atoms with E-state index in [0.717, 1.165) is 38.5 Å². The second-order valence-electron chi connectivity index (χ2n) is 6.78. The number of alkyl halides is 3. The molecule has 2 saturated carbocycles. The van der Waals surface area contributed by atoms with Crippen LogP contribution in [0.15, 0.2) is 4.47 Å². The van der Waals surface area contributed by atoms with Crippen LogP contribution < -0.4 is 5.32 Å². The Labute approximate surface area is 147 Å². The molecule has 0 saturated heterocycles. The van der Waals surface area contributed by atoms with Gasteiger partial charge in [-0.05, 0) is 48.5 Å². The molecule has 1 N–H and O–H groups in total. The standard InChI is InChI=1S/C16H21BrF3N3O/c1-9(15(24)21-11-5-3-2-4-6-11)23-13(10-7-8-10)12(17)14(22-23)16(18,19)20/h9-11H,2-8H2,1H3,(H,21,24). The maximum atomic E-state index is 13.2. The van der Waals surface area contributed by atoms with Gasteiger partial charge >= 0.3 is 6.18 Å². The SMILES string of the molecule is CC(C(=O)NC1CCCCC1)n1nc(C(F)(F)F)c(Br)c1C1CC1. The monoisotopic (exact) mass is 407 g/mol. The van der Waals surface area contributed by atoms with Gasteiger partial charge in [-0.3, -0.25) is 9.48 Å². The van der Waals surface area contributed by atoms with Crippen LogP contribution in [0.2, 0.25) is 0 Å². The average molecular weight is 408 g/mol. The quantitative estimate of drug-likeness (QED) is 0.795. The number of hydrogen-bond donors (Lipinski definition) is 1. The summed E-state index contributed by atoms with van der Waals surface area (Å²) in [4.78, 5) is 12.5. The van der Waals surface area contributed by atoms with Gasteiger partial charge in [0, 0.05) is 12.0 Å². The van der Waals surface area contributed by atoms with E-state index < -0.39 is 17.9 Å². The third-order valence-electron chi connectivity index (χ3n) is 4.82. The fourth-order valence-electron chi connectivity index (χ4n) is 3.31. The minimum atomic E-state index is -4.53. The van der Waals surface area contributed by atoms with E-state index in [1.807, 2.05) is 0 Å². The van der Waals surface area contributed by atoms with E-state index in [9.17, 15) is 18.0 Å². The molecule has 1 unspecified atom stereocenters. The van der Waals surface area contributed by atoms with Gasteiger partial charge < -0.3 is 5.32 Å². The van der Waals surface area contributed by atoms with Crippen LogP contribution in [0, 0.1) is 0 Å². The van der Waals surface area contributed by atoms with E-state index >= 15 is 0 Å². The Morgan fingerprint density at radius 1 is 1.25 bits per heavy atom. The van der Waals surface area contributed by atoms with E-state index in [0.29, 0.717) is 5.69 Å². The summed E-state index contributed by atoms with van der Waals surface area (Å²) in [5.41, 5.74) is -0.449. The average Bonchev–Trinajstić information content (AvgIpc) is 3.29. The van der Waals surface area contributed by atoms with Crippen molar-refractivity contribution >= 4 is 21.8 Å². The van der Waals surface area contributed by atoms with Crippen molar-refractivity contribution in [2.45, 2.75) is 76.0 Å². The normalized spacial score (nSPS) is 20.9. The van der Waals surface area contributed by atoms with Crippen molar-refractivity contribution in [2.75, 3.05) is 0 Å². The first kappa shape index (κ1) is 17.8. The Bertz CT molecular complexity index is 619. The van der Waals surface area contributed by atoms with E-state index in [1.165, 1.54) is 11.1 Å². The molecular weight excluding hydrogens is 387 g/mol. The van der Waals surface area contributed by atoms with Gasteiger partial charge in [0.2, 0.25) is 5.91 Å². The third kappa shape index (κ3) is 3.63.